The van der Waals surface area contributed by atoms with Gasteiger partial charge in [0, 0.05) is 17.7 Å². The highest BCUT2D eigenvalue weighted by Gasteiger charge is 2.19. The molecule has 4 aromatic carbocycles. The fraction of sp³-hybridized carbons (Fsp3) is 0.214. The van der Waals surface area contributed by atoms with Gasteiger partial charge >= 0.3 is 17.9 Å². The summed E-state index contributed by atoms with van der Waals surface area (Å²) in [5, 5.41) is 8.24. The maximum absolute atomic E-state index is 13.0. The molecule has 13 nitrogen and oxygen atoms in total. The lowest BCUT2D eigenvalue weighted by atomic mass is 10.2. The normalized spacial score (nSPS) is 10.8. The van der Waals surface area contributed by atoms with Crippen LogP contribution in [0.5, 0.6) is 34.5 Å². The molecular formula is C42H42N2O11. The number of nitrogens with zero attached hydrogens (tertiary/aromatic N) is 2. The van der Waals surface area contributed by atoms with Gasteiger partial charge in [0.2, 0.25) is 5.75 Å². The molecular weight excluding hydrogens is 708 g/mol. The smallest absolute Gasteiger partial charge is 0.343 e. The van der Waals surface area contributed by atoms with E-state index in [4.69, 9.17) is 38.2 Å². The van der Waals surface area contributed by atoms with Gasteiger partial charge in [-0.1, -0.05) is 25.3 Å². The average Bonchev–Trinajstić information content (AvgIpc) is 3.21. The largest absolute Gasteiger partial charge is 0.494 e. The molecule has 55 heavy (non-hydrogen) atoms. The summed E-state index contributed by atoms with van der Waals surface area (Å²) in [6.45, 7) is 7.81. The first kappa shape index (κ1) is 41.0. The summed E-state index contributed by atoms with van der Waals surface area (Å²) < 4.78 is 32.5. The van der Waals surface area contributed by atoms with Gasteiger partial charge in [0.05, 0.1) is 45.4 Å². The second-order valence-corrected chi connectivity index (χ2v) is 11.5. The Kier molecular flexibility index (Phi) is 16.7. The van der Waals surface area contributed by atoms with Crippen LogP contribution in [0.3, 0.4) is 0 Å². The van der Waals surface area contributed by atoms with Crippen molar-refractivity contribution in [2.24, 2.45) is 10.2 Å². The van der Waals surface area contributed by atoms with Crippen LogP contribution >= 0.6 is 0 Å². The van der Waals surface area contributed by atoms with E-state index in [9.17, 15) is 14.4 Å². The van der Waals surface area contributed by atoms with Crippen LogP contribution in [0.25, 0.3) is 0 Å². The number of ether oxygens (including phenoxy) is 6. The molecule has 0 aliphatic carbocycles. The Hall–Kier alpha value is -6.73. The Balaban J connectivity index is 1.23. The fourth-order valence-electron chi connectivity index (χ4n) is 4.68. The highest BCUT2D eigenvalue weighted by molar-refractivity contribution is 5.92. The molecule has 286 valence electrons. The molecule has 0 fully saturated rings. The molecule has 4 aromatic rings. The standard InChI is InChI=1S/C42H42N2O11/c1-5-39(45)51-24-10-8-7-9-23-50-34-21-15-33(16-22-34)42(47)54-41-37(48-3)25-32(26-38(41)49-4)28-44-43-27-30-11-19-36(20-12-30)55-52-29-31-13-17-35(18-14-31)53-40(46)6-2/h5-6,11-22,25-28H,1-2,7-10,23-24,29H2,3-4H3. The van der Waals surface area contributed by atoms with Crippen LogP contribution in [0.1, 0.15) is 52.7 Å². The van der Waals surface area contributed by atoms with Gasteiger partial charge in [0.25, 0.3) is 0 Å². The molecule has 0 N–H and O–H groups in total. The molecule has 0 unspecified atom stereocenters. The van der Waals surface area contributed by atoms with Crippen molar-refractivity contribution in [3.05, 3.63) is 132 Å². The van der Waals surface area contributed by atoms with Crippen LogP contribution in [0.2, 0.25) is 0 Å². The van der Waals surface area contributed by atoms with Crippen molar-refractivity contribution < 1.29 is 52.6 Å². The second kappa shape index (κ2) is 22.4. The van der Waals surface area contributed by atoms with Crippen LogP contribution in [-0.2, 0) is 25.8 Å². The summed E-state index contributed by atoms with van der Waals surface area (Å²) in [7, 11) is 2.91. The third-order valence-electron chi connectivity index (χ3n) is 7.54. The molecule has 0 radical (unpaired) electrons. The highest BCUT2D eigenvalue weighted by Crippen LogP contribution is 2.39. The predicted molar refractivity (Wildman–Crippen MR) is 205 cm³/mol. The summed E-state index contributed by atoms with van der Waals surface area (Å²) >= 11 is 0. The minimum absolute atomic E-state index is 0.117. The zero-order valence-electron chi connectivity index (χ0n) is 30.6. The van der Waals surface area contributed by atoms with Gasteiger partial charge in [-0.15, -0.1) is 0 Å². The summed E-state index contributed by atoms with van der Waals surface area (Å²) in [4.78, 5) is 46.1. The monoisotopic (exact) mass is 750 g/mol. The van der Waals surface area contributed by atoms with Crippen molar-refractivity contribution in [2.75, 3.05) is 27.4 Å². The van der Waals surface area contributed by atoms with E-state index in [1.807, 2.05) is 0 Å². The molecule has 0 atom stereocenters. The Labute approximate surface area is 319 Å². The SMILES string of the molecule is C=CC(=O)OCCCCCCOc1ccc(C(=O)Oc2c(OC)cc(C=NN=Cc3ccc(OOCc4ccc(OC(=O)C=C)cc4)cc3)cc2OC)cc1. The summed E-state index contributed by atoms with van der Waals surface area (Å²) in [6, 6.07) is 23.8. The molecule has 0 aliphatic rings. The lowest BCUT2D eigenvalue weighted by Gasteiger charge is -2.14. The van der Waals surface area contributed by atoms with E-state index in [-0.39, 0.29) is 23.9 Å². The van der Waals surface area contributed by atoms with Crippen molar-refractivity contribution in [1.82, 2.24) is 0 Å². The lowest BCUT2D eigenvalue weighted by Crippen LogP contribution is -2.10. The minimum atomic E-state index is -0.603. The molecule has 0 aliphatic heterocycles. The van der Waals surface area contributed by atoms with E-state index >= 15 is 0 Å². The molecule has 0 aromatic heterocycles. The molecule has 0 amide bonds. The first-order valence-electron chi connectivity index (χ1n) is 17.2. The van der Waals surface area contributed by atoms with E-state index in [0.717, 1.165) is 49.0 Å². The minimum Gasteiger partial charge on any atom is -0.494 e. The predicted octanol–water partition coefficient (Wildman–Crippen LogP) is 7.65. The van der Waals surface area contributed by atoms with Gasteiger partial charge in [-0.05, 0) is 110 Å². The topological polar surface area (TPSA) is 150 Å². The Bertz CT molecular complexity index is 1910. The molecule has 0 spiro atoms. The molecule has 0 saturated heterocycles. The zero-order chi connectivity index (χ0) is 39.3. The molecule has 0 heterocycles. The van der Waals surface area contributed by atoms with Gasteiger partial charge < -0.3 is 33.3 Å². The van der Waals surface area contributed by atoms with E-state index in [1.54, 1.807) is 91.1 Å². The van der Waals surface area contributed by atoms with Gasteiger partial charge in [0.1, 0.15) is 18.1 Å². The quantitative estimate of drug-likeness (QED) is 0.0148. The fourth-order valence-corrected chi connectivity index (χ4v) is 4.68. The summed E-state index contributed by atoms with van der Waals surface area (Å²) in [6.07, 6.45) is 8.78. The number of unbranched alkanes of at least 4 members (excludes halogenated alkanes) is 3. The molecule has 0 saturated carbocycles. The van der Waals surface area contributed by atoms with E-state index < -0.39 is 17.9 Å². The zero-order valence-corrected chi connectivity index (χ0v) is 30.6. The van der Waals surface area contributed by atoms with Crippen LogP contribution < -0.4 is 28.6 Å². The molecule has 0 bridgehead atoms. The van der Waals surface area contributed by atoms with Gasteiger partial charge in [-0.25, -0.2) is 14.4 Å². The second-order valence-electron chi connectivity index (χ2n) is 11.5. The Morgan fingerprint density at radius 1 is 0.636 bits per heavy atom. The number of carbonyl (C=O) groups is 3. The van der Waals surface area contributed by atoms with E-state index in [0.29, 0.717) is 41.6 Å². The van der Waals surface area contributed by atoms with Crippen molar-refractivity contribution in [3.63, 3.8) is 0 Å². The Morgan fingerprint density at radius 2 is 1.22 bits per heavy atom. The first-order valence-corrected chi connectivity index (χ1v) is 17.2. The first-order chi connectivity index (χ1) is 26.8. The molecule has 4 rings (SSSR count). The summed E-state index contributed by atoms with van der Waals surface area (Å²) in [5.74, 6) is 0.621. The number of benzene rings is 4. The Morgan fingerprint density at radius 3 is 1.84 bits per heavy atom. The van der Waals surface area contributed by atoms with Crippen LogP contribution in [-0.4, -0.2) is 57.8 Å². The number of methoxy groups -OCH3 is 2. The van der Waals surface area contributed by atoms with Crippen LogP contribution in [0.4, 0.5) is 0 Å². The maximum Gasteiger partial charge on any atom is 0.343 e. The third-order valence-corrected chi connectivity index (χ3v) is 7.54. The highest BCUT2D eigenvalue weighted by atomic mass is 17.2. The van der Waals surface area contributed by atoms with E-state index in [2.05, 4.69) is 23.4 Å². The molecule has 13 heteroatoms. The van der Waals surface area contributed by atoms with Crippen molar-refractivity contribution >= 4 is 30.3 Å². The summed E-state index contributed by atoms with van der Waals surface area (Å²) in [5.41, 5.74) is 2.50. The maximum atomic E-state index is 13.0. The number of esters is 3. The van der Waals surface area contributed by atoms with Crippen molar-refractivity contribution in [2.45, 2.75) is 32.3 Å². The van der Waals surface area contributed by atoms with Crippen molar-refractivity contribution in [1.29, 1.82) is 0 Å². The van der Waals surface area contributed by atoms with E-state index in [1.165, 1.54) is 20.4 Å². The number of hydrogen-bond donors (Lipinski definition) is 0. The number of carbonyl (C=O) groups excluding carboxylic acids is 3. The van der Waals surface area contributed by atoms with Crippen LogP contribution in [0.15, 0.2) is 120 Å². The number of hydrogen-bond acceptors (Lipinski definition) is 13. The average molecular weight is 751 g/mol. The van der Waals surface area contributed by atoms with Gasteiger partial charge in [0.15, 0.2) is 17.2 Å². The third kappa shape index (κ3) is 14.0. The lowest BCUT2D eigenvalue weighted by molar-refractivity contribution is -0.217. The van der Waals surface area contributed by atoms with Crippen LogP contribution in [0, 0.1) is 0 Å². The number of rotatable bonds is 22. The van der Waals surface area contributed by atoms with Gasteiger partial charge in [-0.3, -0.25) is 0 Å². The van der Waals surface area contributed by atoms with Gasteiger partial charge in [-0.2, -0.15) is 15.1 Å². The van der Waals surface area contributed by atoms with Crippen molar-refractivity contribution in [3.8, 4) is 34.5 Å².